The van der Waals surface area contributed by atoms with E-state index >= 15 is 0 Å². The average molecular weight is 260 g/mol. The fraction of sp³-hybridized carbons (Fsp3) is 0.909. The third-order valence-electron chi connectivity index (χ3n) is 3.27. The highest BCUT2D eigenvalue weighted by Crippen LogP contribution is 2.32. The quantitative estimate of drug-likeness (QED) is 0.714. The fourth-order valence-corrected chi connectivity index (χ4v) is 2.89. The predicted octanol–water partition coefficient (Wildman–Crippen LogP) is 2.42. The summed E-state index contributed by atoms with van der Waals surface area (Å²) in [5, 5.41) is 1.07. The Morgan fingerprint density at radius 1 is 1.36 bits per heavy atom. The van der Waals surface area contributed by atoms with E-state index in [0.29, 0.717) is 11.8 Å². The lowest BCUT2D eigenvalue weighted by Gasteiger charge is -2.32. The van der Waals surface area contributed by atoms with Crippen LogP contribution in [0.5, 0.6) is 0 Å². The van der Waals surface area contributed by atoms with E-state index in [2.05, 4.69) is 20.8 Å². The van der Waals surface area contributed by atoms with Crippen LogP contribution in [-0.2, 0) is 4.79 Å². The Balaban J connectivity index is 1.83. The van der Waals surface area contributed by atoms with Crippen molar-refractivity contribution in [1.29, 1.82) is 0 Å². The molecule has 80 valence electrons. The van der Waals surface area contributed by atoms with Gasteiger partial charge in [0.15, 0.2) is 0 Å². The molecule has 1 saturated carbocycles. The maximum Gasteiger partial charge on any atom is 0.225 e. The van der Waals surface area contributed by atoms with E-state index in [1.165, 1.54) is 19.3 Å². The zero-order chi connectivity index (χ0) is 9.97. The number of rotatable bonds is 3. The van der Waals surface area contributed by atoms with Crippen LogP contribution in [0.2, 0.25) is 0 Å². The fourth-order valence-electron chi connectivity index (χ4n) is 2.24. The summed E-state index contributed by atoms with van der Waals surface area (Å²) < 4.78 is 0. The number of likely N-dealkylation sites (tertiary alicyclic amines) is 1. The van der Waals surface area contributed by atoms with Crippen molar-refractivity contribution < 1.29 is 4.79 Å². The normalized spacial score (nSPS) is 27.8. The van der Waals surface area contributed by atoms with Crippen molar-refractivity contribution in [3.8, 4) is 0 Å². The maximum atomic E-state index is 11.8. The molecule has 1 aliphatic heterocycles. The van der Waals surface area contributed by atoms with Gasteiger partial charge in [-0.15, -0.1) is 0 Å². The molecule has 3 heteroatoms. The third kappa shape index (κ3) is 2.50. The summed E-state index contributed by atoms with van der Waals surface area (Å²) in [6, 6.07) is 0. The van der Waals surface area contributed by atoms with Crippen molar-refractivity contribution in [2.45, 2.75) is 32.1 Å². The number of alkyl halides is 1. The minimum Gasteiger partial charge on any atom is -0.342 e. The maximum absolute atomic E-state index is 11.8. The van der Waals surface area contributed by atoms with Crippen molar-refractivity contribution in [2.24, 2.45) is 11.8 Å². The Morgan fingerprint density at radius 3 is 2.79 bits per heavy atom. The summed E-state index contributed by atoms with van der Waals surface area (Å²) in [4.78, 5) is 13.9. The largest absolute Gasteiger partial charge is 0.342 e. The molecule has 1 unspecified atom stereocenters. The third-order valence-corrected chi connectivity index (χ3v) is 3.73. The highest BCUT2D eigenvalue weighted by molar-refractivity contribution is 9.09. The van der Waals surface area contributed by atoms with Crippen molar-refractivity contribution in [3.63, 3.8) is 0 Å². The number of nitrogens with zero attached hydrogens (tertiary/aromatic N) is 1. The van der Waals surface area contributed by atoms with Gasteiger partial charge >= 0.3 is 0 Å². The molecule has 2 nitrogen and oxygen atoms in total. The first kappa shape index (κ1) is 10.5. The van der Waals surface area contributed by atoms with Crippen molar-refractivity contribution in [2.75, 3.05) is 18.4 Å². The van der Waals surface area contributed by atoms with Crippen LogP contribution < -0.4 is 0 Å². The highest BCUT2D eigenvalue weighted by Gasteiger charge is 2.35. The first-order valence-electron chi connectivity index (χ1n) is 5.66. The van der Waals surface area contributed by atoms with Gasteiger partial charge < -0.3 is 4.90 Å². The molecule has 2 rings (SSSR count). The average Bonchev–Trinajstić information content (AvgIpc) is 3.01. The van der Waals surface area contributed by atoms with E-state index in [0.717, 1.165) is 37.2 Å². The van der Waals surface area contributed by atoms with Crippen molar-refractivity contribution in [1.82, 2.24) is 4.90 Å². The second-order valence-corrected chi connectivity index (χ2v) is 5.34. The summed E-state index contributed by atoms with van der Waals surface area (Å²) in [7, 11) is 0. The van der Waals surface area contributed by atoms with Crippen LogP contribution in [-0.4, -0.2) is 29.2 Å². The minimum absolute atomic E-state index is 0.401. The van der Waals surface area contributed by atoms with Gasteiger partial charge in [-0.3, -0.25) is 4.79 Å². The van der Waals surface area contributed by atoms with Gasteiger partial charge in [0.1, 0.15) is 0 Å². The number of halogens is 1. The number of amides is 1. The van der Waals surface area contributed by atoms with E-state index in [1.54, 1.807) is 0 Å². The Labute approximate surface area is 94.2 Å². The van der Waals surface area contributed by atoms with E-state index < -0.39 is 0 Å². The van der Waals surface area contributed by atoms with E-state index in [4.69, 9.17) is 0 Å². The van der Waals surface area contributed by atoms with Gasteiger partial charge in [0, 0.05) is 24.3 Å². The summed E-state index contributed by atoms with van der Waals surface area (Å²) in [5.74, 6) is 1.58. The Morgan fingerprint density at radius 2 is 2.14 bits per heavy atom. The molecular weight excluding hydrogens is 242 g/mol. The minimum atomic E-state index is 0.401. The number of carbonyl (C=O) groups is 1. The molecule has 1 amide bonds. The van der Waals surface area contributed by atoms with E-state index in [-0.39, 0.29) is 0 Å². The lowest BCUT2D eigenvalue weighted by Crippen LogP contribution is -2.40. The van der Waals surface area contributed by atoms with Gasteiger partial charge in [-0.25, -0.2) is 0 Å². The van der Waals surface area contributed by atoms with Crippen LogP contribution in [0.25, 0.3) is 0 Å². The number of hydrogen-bond donors (Lipinski definition) is 0. The molecule has 1 atom stereocenters. The summed E-state index contributed by atoms with van der Waals surface area (Å²) in [6.07, 6.45) is 6.00. The smallest absolute Gasteiger partial charge is 0.225 e. The van der Waals surface area contributed by atoms with Gasteiger partial charge in [0.05, 0.1) is 0 Å². The van der Waals surface area contributed by atoms with Gasteiger partial charge in [-0.2, -0.15) is 0 Å². The summed E-state index contributed by atoms with van der Waals surface area (Å²) in [5.41, 5.74) is 0. The van der Waals surface area contributed by atoms with Crippen LogP contribution in [0, 0.1) is 11.8 Å². The topological polar surface area (TPSA) is 20.3 Å². The second-order valence-electron chi connectivity index (χ2n) is 4.54. The second kappa shape index (κ2) is 4.65. The predicted molar refractivity (Wildman–Crippen MR) is 60.4 cm³/mol. The Bertz CT molecular complexity index is 213. The highest BCUT2D eigenvalue weighted by atomic mass is 79.9. The van der Waals surface area contributed by atoms with Gasteiger partial charge in [-0.05, 0) is 38.0 Å². The molecule has 0 aromatic carbocycles. The summed E-state index contributed by atoms with van der Waals surface area (Å²) in [6.45, 7) is 2.02. The van der Waals surface area contributed by atoms with Crippen molar-refractivity contribution in [3.05, 3.63) is 0 Å². The van der Waals surface area contributed by atoms with Crippen LogP contribution in [0.3, 0.4) is 0 Å². The molecule has 0 spiro atoms. The van der Waals surface area contributed by atoms with Crippen LogP contribution >= 0.6 is 15.9 Å². The molecule has 1 aliphatic carbocycles. The molecular formula is C11H18BrNO. The van der Waals surface area contributed by atoms with E-state index in [9.17, 15) is 4.79 Å². The van der Waals surface area contributed by atoms with E-state index in [1.807, 2.05) is 0 Å². The monoisotopic (exact) mass is 259 g/mol. The molecule has 0 bridgehead atoms. The summed E-state index contributed by atoms with van der Waals surface area (Å²) >= 11 is 3.48. The molecule has 0 radical (unpaired) electrons. The number of piperidine rings is 1. The number of hydrogen-bond acceptors (Lipinski definition) is 1. The lowest BCUT2D eigenvalue weighted by molar-refractivity contribution is -0.134. The molecule has 0 aromatic heterocycles. The Hall–Kier alpha value is -0.0500. The van der Waals surface area contributed by atoms with Gasteiger partial charge in [0.25, 0.3) is 0 Å². The molecule has 1 saturated heterocycles. The first-order chi connectivity index (χ1) is 6.81. The lowest BCUT2D eigenvalue weighted by atomic mass is 9.95. The van der Waals surface area contributed by atoms with Crippen molar-refractivity contribution >= 4 is 21.8 Å². The molecule has 14 heavy (non-hydrogen) atoms. The van der Waals surface area contributed by atoms with Gasteiger partial charge in [0.2, 0.25) is 5.91 Å². The number of carbonyl (C=O) groups excluding carboxylic acids is 1. The molecule has 0 N–H and O–H groups in total. The molecule has 0 aromatic rings. The zero-order valence-corrected chi connectivity index (χ0v) is 10.1. The zero-order valence-electron chi connectivity index (χ0n) is 8.54. The van der Waals surface area contributed by atoms with Crippen LogP contribution in [0.4, 0.5) is 0 Å². The van der Waals surface area contributed by atoms with Crippen LogP contribution in [0.1, 0.15) is 32.1 Å². The molecule has 2 aliphatic rings. The molecule has 1 heterocycles. The first-order valence-corrected chi connectivity index (χ1v) is 6.78. The Kier molecular flexibility index (Phi) is 3.47. The standard InChI is InChI=1S/C11H18BrNO/c12-6-5-9-2-1-7-13(8-9)11(14)10-3-4-10/h9-10H,1-8H2. The molecule has 2 fully saturated rings. The SMILES string of the molecule is O=C(C1CC1)N1CCCC(CCBr)C1. The van der Waals surface area contributed by atoms with Gasteiger partial charge in [-0.1, -0.05) is 15.9 Å². The van der Waals surface area contributed by atoms with Crippen LogP contribution in [0.15, 0.2) is 0 Å².